The van der Waals surface area contributed by atoms with Crippen LogP contribution in [0.25, 0.3) is 11.3 Å². The van der Waals surface area contributed by atoms with Crippen LogP contribution in [0.2, 0.25) is 0 Å². The van der Waals surface area contributed by atoms with Crippen LogP contribution in [0.4, 0.5) is 0 Å². The SMILES string of the molecule is CCCC1(C)c2ccccc2-c2cccc([n+]2C)C1(C)CC. The summed E-state index contributed by atoms with van der Waals surface area (Å²) >= 11 is 0. The van der Waals surface area contributed by atoms with Crippen LogP contribution in [-0.2, 0) is 17.9 Å². The Hall–Kier alpha value is -1.63. The highest BCUT2D eigenvalue weighted by atomic mass is 15.0. The lowest BCUT2D eigenvalue weighted by Gasteiger charge is -2.44. The van der Waals surface area contributed by atoms with Crippen LogP contribution in [0.15, 0.2) is 42.5 Å². The van der Waals surface area contributed by atoms with E-state index in [1.54, 1.807) is 0 Å². The van der Waals surface area contributed by atoms with Crippen LogP contribution < -0.4 is 4.57 Å². The number of nitrogens with zero attached hydrogens (tertiary/aromatic N) is 1. The number of hydrogen-bond acceptors (Lipinski definition) is 0. The fourth-order valence-electron chi connectivity index (χ4n) is 4.66. The molecule has 2 bridgehead atoms. The van der Waals surface area contributed by atoms with Gasteiger partial charge in [0.2, 0.25) is 5.69 Å². The normalized spacial score (nSPS) is 26.4. The molecule has 1 aromatic carbocycles. The van der Waals surface area contributed by atoms with E-state index in [2.05, 4.69) is 81.8 Å². The standard InChI is InChI=1S/C21H28N/c1-6-15-21(4)17-12-9-8-11-16(17)18-13-10-14-19(22(18)5)20(21,3)7-2/h8-14H,6-7,15H2,1-5H3/q+1. The van der Waals surface area contributed by atoms with Crippen molar-refractivity contribution in [3.8, 4) is 11.3 Å². The third kappa shape index (κ3) is 1.81. The second kappa shape index (κ2) is 5.22. The van der Waals surface area contributed by atoms with Gasteiger partial charge in [-0.3, -0.25) is 0 Å². The Kier molecular flexibility index (Phi) is 3.63. The molecule has 22 heavy (non-hydrogen) atoms. The molecular weight excluding hydrogens is 266 g/mol. The van der Waals surface area contributed by atoms with E-state index in [1.165, 1.54) is 35.4 Å². The maximum absolute atomic E-state index is 2.48. The van der Waals surface area contributed by atoms with Crippen molar-refractivity contribution < 1.29 is 4.57 Å². The average Bonchev–Trinajstić information content (AvgIpc) is 2.56. The Morgan fingerprint density at radius 1 is 0.909 bits per heavy atom. The largest absolute Gasteiger partial charge is 0.212 e. The number of aromatic nitrogens is 1. The molecule has 2 aromatic rings. The first-order valence-electron chi connectivity index (χ1n) is 8.59. The molecule has 2 atom stereocenters. The zero-order chi connectivity index (χ0) is 16.0. The fourth-order valence-corrected chi connectivity index (χ4v) is 4.66. The van der Waals surface area contributed by atoms with E-state index in [9.17, 15) is 0 Å². The number of benzene rings is 1. The summed E-state index contributed by atoms with van der Waals surface area (Å²) in [6, 6.07) is 15.8. The summed E-state index contributed by atoms with van der Waals surface area (Å²) in [5, 5.41) is 0. The smallest absolute Gasteiger partial charge is 0.198 e. The van der Waals surface area contributed by atoms with Crippen molar-refractivity contribution in [1.82, 2.24) is 0 Å². The summed E-state index contributed by atoms with van der Waals surface area (Å²) in [7, 11) is 2.23. The summed E-state index contributed by atoms with van der Waals surface area (Å²) in [5.41, 5.74) is 6.01. The zero-order valence-electron chi connectivity index (χ0n) is 14.6. The van der Waals surface area contributed by atoms with E-state index in [-0.39, 0.29) is 10.8 Å². The van der Waals surface area contributed by atoms with Crippen LogP contribution in [0.1, 0.15) is 58.2 Å². The summed E-state index contributed by atoms with van der Waals surface area (Å²) in [5.74, 6) is 0. The van der Waals surface area contributed by atoms with Crippen molar-refractivity contribution in [1.29, 1.82) is 0 Å². The molecule has 0 amide bonds. The minimum Gasteiger partial charge on any atom is -0.198 e. The topological polar surface area (TPSA) is 3.88 Å². The first kappa shape index (κ1) is 15.3. The van der Waals surface area contributed by atoms with Gasteiger partial charge in [0.1, 0.15) is 7.05 Å². The third-order valence-electron chi connectivity index (χ3n) is 6.27. The predicted octanol–water partition coefficient (Wildman–Crippen LogP) is 4.92. The van der Waals surface area contributed by atoms with Gasteiger partial charge in [-0.05, 0) is 37.5 Å². The Morgan fingerprint density at radius 3 is 2.32 bits per heavy atom. The third-order valence-corrected chi connectivity index (χ3v) is 6.27. The Labute approximate surface area is 135 Å². The molecule has 0 radical (unpaired) electrons. The molecule has 0 spiro atoms. The van der Waals surface area contributed by atoms with Gasteiger partial charge in [0.05, 0.1) is 5.41 Å². The van der Waals surface area contributed by atoms with E-state index < -0.39 is 0 Å². The molecule has 1 aliphatic rings. The van der Waals surface area contributed by atoms with Gasteiger partial charge in [-0.25, -0.2) is 0 Å². The Bertz CT molecular complexity index is 703. The number of pyridine rings is 1. The maximum Gasteiger partial charge on any atom is 0.212 e. The lowest BCUT2D eigenvalue weighted by Crippen LogP contribution is -2.50. The monoisotopic (exact) mass is 294 g/mol. The lowest BCUT2D eigenvalue weighted by atomic mass is 9.57. The van der Waals surface area contributed by atoms with Gasteiger partial charge < -0.3 is 0 Å². The summed E-state index contributed by atoms with van der Waals surface area (Å²) in [6.45, 7) is 9.59. The Balaban J connectivity index is 2.45. The van der Waals surface area contributed by atoms with E-state index in [0.29, 0.717) is 0 Å². The van der Waals surface area contributed by atoms with Gasteiger partial charge in [-0.1, -0.05) is 45.4 Å². The molecule has 1 heteroatoms. The highest BCUT2D eigenvalue weighted by Crippen LogP contribution is 2.52. The average molecular weight is 294 g/mol. The first-order chi connectivity index (χ1) is 10.5. The zero-order valence-corrected chi connectivity index (χ0v) is 14.6. The molecule has 1 aromatic heterocycles. The van der Waals surface area contributed by atoms with Crippen LogP contribution in [0, 0.1) is 0 Å². The van der Waals surface area contributed by atoms with Gasteiger partial charge in [0, 0.05) is 23.1 Å². The molecule has 0 saturated carbocycles. The summed E-state index contributed by atoms with van der Waals surface area (Å²) in [6.07, 6.45) is 3.57. The minimum absolute atomic E-state index is 0.139. The first-order valence-corrected chi connectivity index (χ1v) is 8.59. The van der Waals surface area contributed by atoms with Gasteiger partial charge in [0.25, 0.3) is 0 Å². The second-order valence-electron chi connectivity index (χ2n) is 7.17. The van der Waals surface area contributed by atoms with Crippen molar-refractivity contribution in [3.05, 3.63) is 53.7 Å². The van der Waals surface area contributed by atoms with Gasteiger partial charge in [-0.15, -0.1) is 0 Å². The van der Waals surface area contributed by atoms with Crippen molar-refractivity contribution >= 4 is 0 Å². The molecule has 116 valence electrons. The molecule has 1 nitrogen and oxygen atoms in total. The summed E-state index contributed by atoms with van der Waals surface area (Å²) < 4.78 is 2.42. The fraction of sp³-hybridized carbons (Fsp3) is 0.476. The predicted molar refractivity (Wildman–Crippen MR) is 93.0 cm³/mol. The number of fused-ring (bicyclic) bond motifs is 4. The van der Waals surface area contributed by atoms with E-state index >= 15 is 0 Å². The van der Waals surface area contributed by atoms with Crippen LogP contribution >= 0.6 is 0 Å². The van der Waals surface area contributed by atoms with Gasteiger partial charge in [0.15, 0.2) is 5.69 Å². The molecule has 2 heterocycles. The van der Waals surface area contributed by atoms with Crippen LogP contribution in [-0.4, -0.2) is 0 Å². The number of rotatable bonds is 3. The number of hydrogen-bond donors (Lipinski definition) is 0. The van der Waals surface area contributed by atoms with E-state index in [1.807, 2.05) is 0 Å². The Morgan fingerprint density at radius 2 is 1.64 bits per heavy atom. The minimum atomic E-state index is 0.139. The molecule has 0 saturated heterocycles. The van der Waals surface area contributed by atoms with E-state index in [4.69, 9.17) is 0 Å². The van der Waals surface area contributed by atoms with Crippen molar-refractivity contribution in [3.63, 3.8) is 0 Å². The highest BCUT2D eigenvalue weighted by molar-refractivity contribution is 5.65. The van der Waals surface area contributed by atoms with Gasteiger partial charge >= 0.3 is 0 Å². The highest BCUT2D eigenvalue weighted by Gasteiger charge is 2.52. The molecule has 0 fully saturated rings. The maximum atomic E-state index is 2.48. The van der Waals surface area contributed by atoms with Gasteiger partial charge in [-0.2, -0.15) is 4.57 Å². The molecule has 1 aliphatic heterocycles. The van der Waals surface area contributed by atoms with Crippen molar-refractivity contribution in [2.45, 2.75) is 57.8 Å². The second-order valence-corrected chi connectivity index (χ2v) is 7.17. The van der Waals surface area contributed by atoms with Crippen molar-refractivity contribution in [2.24, 2.45) is 7.05 Å². The van der Waals surface area contributed by atoms with Crippen LogP contribution in [0.5, 0.6) is 0 Å². The molecule has 3 rings (SSSR count). The van der Waals surface area contributed by atoms with Crippen molar-refractivity contribution in [2.75, 3.05) is 0 Å². The van der Waals surface area contributed by atoms with Crippen LogP contribution in [0.3, 0.4) is 0 Å². The lowest BCUT2D eigenvalue weighted by molar-refractivity contribution is -0.672. The van der Waals surface area contributed by atoms with E-state index in [0.717, 1.165) is 6.42 Å². The molecule has 2 unspecified atom stereocenters. The molecule has 0 N–H and O–H groups in total. The molecular formula is C21H28N+. The molecule has 0 aliphatic carbocycles. The quantitative estimate of drug-likeness (QED) is 0.708. The summed E-state index contributed by atoms with van der Waals surface area (Å²) in [4.78, 5) is 0.